The molecule has 0 atom stereocenters. The highest BCUT2D eigenvalue weighted by atomic mass is 35.5. The maximum atomic E-state index is 12.0. The van der Waals surface area contributed by atoms with Crippen LogP contribution in [0.2, 0.25) is 5.02 Å². The number of esters is 1. The molecule has 1 amide bonds. The Balaban J connectivity index is 2.01. The summed E-state index contributed by atoms with van der Waals surface area (Å²) >= 11 is 5.86. The van der Waals surface area contributed by atoms with Crippen LogP contribution in [0.25, 0.3) is 0 Å². The third-order valence-corrected chi connectivity index (χ3v) is 3.47. The Bertz CT molecular complexity index is 871. The van der Waals surface area contributed by atoms with E-state index < -0.39 is 29.1 Å². The number of carbonyl (C=O) groups is 2. The molecule has 3 N–H and O–H groups in total. The Morgan fingerprint density at radius 3 is 2.65 bits per heavy atom. The first-order valence-electron chi connectivity index (χ1n) is 7.16. The minimum Gasteiger partial charge on any atom is -0.495 e. The van der Waals surface area contributed by atoms with Gasteiger partial charge < -0.3 is 20.5 Å². The molecule has 0 aliphatic heterocycles. The van der Waals surface area contributed by atoms with Crippen LogP contribution in [-0.4, -0.2) is 30.5 Å². The van der Waals surface area contributed by atoms with E-state index in [1.54, 1.807) is 12.1 Å². The van der Waals surface area contributed by atoms with Crippen molar-refractivity contribution in [2.24, 2.45) is 0 Å². The molecule has 2 aromatic carbocycles. The van der Waals surface area contributed by atoms with Crippen LogP contribution >= 0.6 is 11.6 Å². The van der Waals surface area contributed by atoms with Crippen LogP contribution in [0.15, 0.2) is 36.4 Å². The molecule has 0 spiro atoms. The summed E-state index contributed by atoms with van der Waals surface area (Å²) in [6.07, 6.45) is 0. The van der Waals surface area contributed by atoms with Crippen molar-refractivity contribution in [3.05, 3.63) is 57.1 Å². The lowest BCUT2D eigenvalue weighted by Crippen LogP contribution is -2.21. The molecular formula is C16H14ClN3O6. The lowest BCUT2D eigenvalue weighted by molar-refractivity contribution is -0.383. The van der Waals surface area contributed by atoms with Crippen molar-refractivity contribution < 1.29 is 24.0 Å². The zero-order valence-electron chi connectivity index (χ0n) is 13.5. The number of nitrogen functional groups attached to an aromatic ring is 1. The van der Waals surface area contributed by atoms with Crippen molar-refractivity contribution >= 4 is 40.5 Å². The highest BCUT2D eigenvalue weighted by Gasteiger charge is 2.18. The summed E-state index contributed by atoms with van der Waals surface area (Å²) in [6.45, 7) is -0.604. The Morgan fingerprint density at radius 2 is 2.00 bits per heavy atom. The van der Waals surface area contributed by atoms with E-state index in [9.17, 15) is 19.7 Å². The maximum absolute atomic E-state index is 12.0. The highest BCUT2D eigenvalue weighted by molar-refractivity contribution is 6.31. The molecule has 10 heteroatoms. The SMILES string of the molecule is COc1ccc(Cl)cc1NC(=O)COC(=O)c1ccc(N)c([N+](=O)[O-])c1. The average Bonchev–Trinajstić information content (AvgIpc) is 2.60. The van der Waals surface area contributed by atoms with E-state index >= 15 is 0 Å². The summed E-state index contributed by atoms with van der Waals surface area (Å²) in [7, 11) is 1.42. The minimum absolute atomic E-state index is 0.0858. The summed E-state index contributed by atoms with van der Waals surface area (Å²) in [5.41, 5.74) is 5.16. The zero-order chi connectivity index (χ0) is 19.3. The largest absolute Gasteiger partial charge is 0.495 e. The van der Waals surface area contributed by atoms with E-state index in [-0.39, 0.29) is 11.3 Å². The molecule has 9 nitrogen and oxygen atoms in total. The monoisotopic (exact) mass is 379 g/mol. The predicted octanol–water partition coefficient (Wildman–Crippen LogP) is 2.63. The van der Waals surface area contributed by atoms with Crippen molar-refractivity contribution in [3.8, 4) is 5.75 Å². The molecule has 0 aliphatic rings. The van der Waals surface area contributed by atoms with Crippen molar-refractivity contribution in [1.82, 2.24) is 0 Å². The predicted molar refractivity (Wildman–Crippen MR) is 94.4 cm³/mol. The van der Waals surface area contributed by atoms with Crippen molar-refractivity contribution in [2.75, 3.05) is 24.8 Å². The molecular weight excluding hydrogens is 366 g/mol. The molecule has 26 heavy (non-hydrogen) atoms. The number of nitrogens with zero attached hydrogens (tertiary/aromatic N) is 1. The second kappa shape index (κ2) is 8.17. The second-order valence-electron chi connectivity index (χ2n) is 5.00. The number of nitrogens with one attached hydrogen (secondary N) is 1. The molecule has 0 heterocycles. The molecule has 0 bridgehead atoms. The quantitative estimate of drug-likeness (QED) is 0.341. The zero-order valence-corrected chi connectivity index (χ0v) is 14.3. The molecule has 136 valence electrons. The van der Waals surface area contributed by atoms with E-state index in [1.165, 1.54) is 25.3 Å². The number of benzene rings is 2. The maximum Gasteiger partial charge on any atom is 0.338 e. The number of halogens is 1. The topological polar surface area (TPSA) is 134 Å². The van der Waals surface area contributed by atoms with Crippen molar-refractivity contribution in [3.63, 3.8) is 0 Å². The van der Waals surface area contributed by atoms with Crippen LogP contribution in [0, 0.1) is 10.1 Å². The number of nitro benzene ring substituents is 1. The van der Waals surface area contributed by atoms with E-state index in [0.29, 0.717) is 16.5 Å². The number of hydrogen-bond donors (Lipinski definition) is 2. The number of anilines is 2. The van der Waals surface area contributed by atoms with Crippen LogP contribution in [0.5, 0.6) is 5.75 Å². The third kappa shape index (κ3) is 4.61. The van der Waals surface area contributed by atoms with Gasteiger partial charge in [-0.2, -0.15) is 0 Å². The van der Waals surface area contributed by atoms with Gasteiger partial charge in [-0.05, 0) is 30.3 Å². The Labute approximate surface area is 152 Å². The molecule has 0 aromatic heterocycles. The van der Waals surface area contributed by atoms with Crippen molar-refractivity contribution in [1.29, 1.82) is 0 Å². The van der Waals surface area contributed by atoms with Gasteiger partial charge in [0.1, 0.15) is 11.4 Å². The van der Waals surface area contributed by atoms with Crippen LogP contribution in [0.3, 0.4) is 0 Å². The summed E-state index contributed by atoms with van der Waals surface area (Å²) in [6, 6.07) is 8.09. The van der Waals surface area contributed by atoms with Gasteiger partial charge in [0.25, 0.3) is 11.6 Å². The van der Waals surface area contributed by atoms with Gasteiger partial charge in [-0.1, -0.05) is 11.6 Å². The molecule has 2 rings (SSSR count). The first kappa shape index (κ1) is 19.0. The fourth-order valence-electron chi connectivity index (χ4n) is 2.01. The standard InChI is InChI=1S/C16H14ClN3O6/c1-25-14-5-3-10(17)7-12(14)19-15(21)8-26-16(22)9-2-4-11(18)13(6-9)20(23)24/h2-7H,8,18H2,1H3,(H,19,21). The van der Waals surface area contributed by atoms with Gasteiger partial charge in [0.2, 0.25) is 0 Å². The smallest absolute Gasteiger partial charge is 0.338 e. The summed E-state index contributed by atoms with van der Waals surface area (Å²) < 4.78 is 9.94. The molecule has 0 saturated heterocycles. The van der Waals surface area contributed by atoms with Gasteiger partial charge in [-0.15, -0.1) is 0 Å². The number of amides is 1. The van der Waals surface area contributed by atoms with Crippen LogP contribution in [0.4, 0.5) is 17.1 Å². The molecule has 0 unspecified atom stereocenters. The Morgan fingerprint density at radius 1 is 1.27 bits per heavy atom. The van der Waals surface area contributed by atoms with E-state index in [4.69, 9.17) is 26.8 Å². The fraction of sp³-hybridized carbons (Fsp3) is 0.125. The molecule has 0 aliphatic carbocycles. The lowest BCUT2D eigenvalue weighted by atomic mass is 10.2. The van der Waals surface area contributed by atoms with Crippen molar-refractivity contribution in [2.45, 2.75) is 0 Å². The summed E-state index contributed by atoms with van der Waals surface area (Å²) in [4.78, 5) is 34.0. The van der Waals surface area contributed by atoms with Gasteiger partial charge >= 0.3 is 5.97 Å². The van der Waals surface area contributed by atoms with Gasteiger partial charge in [-0.25, -0.2) is 4.79 Å². The summed E-state index contributed by atoms with van der Waals surface area (Å²) in [5.74, 6) is -1.16. The molecule has 0 fully saturated rings. The van der Waals surface area contributed by atoms with Gasteiger partial charge in [0.15, 0.2) is 6.61 Å². The number of carbonyl (C=O) groups excluding carboxylic acids is 2. The highest BCUT2D eigenvalue weighted by Crippen LogP contribution is 2.27. The summed E-state index contributed by atoms with van der Waals surface area (Å²) in [5, 5.41) is 13.7. The normalized spacial score (nSPS) is 10.1. The number of methoxy groups -OCH3 is 1. The number of nitrogens with two attached hydrogens (primary N) is 1. The molecule has 0 saturated carbocycles. The van der Waals surface area contributed by atoms with E-state index in [2.05, 4.69) is 5.32 Å². The van der Waals surface area contributed by atoms with Crippen LogP contribution in [0.1, 0.15) is 10.4 Å². The number of rotatable bonds is 6. The number of ether oxygens (including phenoxy) is 2. The molecule has 0 radical (unpaired) electrons. The van der Waals surface area contributed by atoms with Gasteiger partial charge in [0.05, 0.1) is 23.3 Å². The van der Waals surface area contributed by atoms with Crippen LogP contribution < -0.4 is 15.8 Å². The van der Waals surface area contributed by atoms with Gasteiger partial charge in [-0.3, -0.25) is 14.9 Å². The van der Waals surface area contributed by atoms with E-state index in [1.807, 2.05) is 0 Å². The Kier molecular flexibility index (Phi) is 5.97. The first-order chi connectivity index (χ1) is 12.3. The third-order valence-electron chi connectivity index (χ3n) is 3.23. The fourth-order valence-corrected chi connectivity index (χ4v) is 2.18. The van der Waals surface area contributed by atoms with Gasteiger partial charge in [0, 0.05) is 11.1 Å². The Hall–Kier alpha value is -3.33. The molecule has 2 aromatic rings. The number of nitro groups is 1. The number of hydrogen-bond acceptors (Lipinski definition) is 7. The second-order valence-corrected chi connectivity index (χ2v) is 5.44. The first-order valence-corrected chi connectivity index (χ1v) is 7.54. The van der Waals surface area contributed by atoms with E-state index in [0.717, 1.165) is 6.07 Å². The van der Waals surface area contributed by atoms with Crippen LogP contribution in [-0.2, 0) is 9.53 Å². The minimum atomic E-state index is -0.902. The average molecular weight is 380 g/mol. The lowest BCUT2D eigenvalue weighted by Gasteiger charge is -2.11.